The van der Waals surface area contributed by atoms with Crippen molar-refractivity contribution in [1.82, 2.24) is 30.7 Å². The van der Waals surface area contributed by atoms with Crippen LogP contribution in [0.5, 0.6) is 0 Å². The monoisotopic (exact) mass is 371 g/mol. The lowest BCUT2D eigenvalue weighted by atomic mass is 10.1. The summed E-state index contributed by atoms with van der Waals surface area (Å²) >= 11 is 0. The molecule has 0 bridgehead atoms. The second-order valence-electron chi connectivity index (χ2n) is 5.35. The normalized spacial score (nSPS) is 11.4. The highest BCUT2D eigenvalue weighted by Gasteiger charge is 2.20. The van der Waals surface area contributed by atoms with Crippen molar-refractivity contribution < 1.29 is 14.3 Å². The van der Waals surface area contributed by atoms with E-state index >= 15 is 0 Å². The molecule has 0 spiro atoms. The number of non-ortho nitro benzene ring substituents is 1. The van der Waals surface area contributed by atoms with Crippen LogP contribution >= 0.6 is 0 Å². The summed E-state index contributed by atoms with van der Waals surface area (Å²) in [6, 6.07) is 5.88. The van der Waals surface area contributed by atoms with Crippen molar-refractivity contribution in [2.75, 3.05) is 5.73 Å². The number of anilines is 1. The first kappa shape index (κ1) is 17.7. The highest BCUT2D eigenvalue weighted by atomic mass is 16.6. The summed E-state index contributed by atoms with van der Waals surface area (Å²) in [6.45, 7) is 3.19. The minimum absolute atomic E-state index is 0.00510. The number of rotatable bonds is 5. The Balaban J connectivity index is 1.79. The lowest BCUT2D eigenvalue weighted by Crippen LogP contribution is -2.21. The van der Waals surface area contributed by atoms with Crippen LogP contribution in [-0.4, -0.2) is 41.8 Å². The molecule has 0 saturated heterocycles. The molecule has 3 N–H and O–H groups in total. The number of carbonyl (C=O) groups is 1. The SMILES string of the molecule is CC(=NNC(=O)c1nnn(-c2nonc2N)c1C)c1cccc([N+](=O)[O-])c1. The summed E-state index contributed by atoms with van der Waals surface area (Å²) in [6.07, 6.45) is 0. The summed E-state index contributed by atoms with van der Waals surface area (Å²) < 4.78 is 5.70. The van der Waals surface area contributed by atoms with Gasteiger partial charge in [0.1, 0.15) is 0 Å². The Morgan fingerprint density at radius 3 is 2.85 bits per heavy atom. The van der Waals surface area contributed by atoms with Crippen molar-refractivity contribution in [3.8, 4) is 5.82 Å². The Morgan fingerprint density at radius 2 is 2.19 bits per heavy atom. The van der Waals surface area contributed by atoms with E-state index in [0.717, 1.165) is 0 Å². The summed E-state index contributed by atoms with van der Waals surface area (Å²) in [5.74, 6) is -0.525. The third-order valence-corrected chi connectivity index (χ3v) is 3.61. The van der Waals surface area contributed by atoms with Crippen LogP contribution in [0.25, 0.3) is 5.82 Å². The van der Waals surface area contributed by atoms with E-state index in [9.17, 15) is 14.9 Å². The van der Waals surface area contributed by atoms with Crippen LogP contribution in [0.4, 0.5) is 11.5 Å². The average Bonchev–Trinajstić information content (AvgIpc) is 3.24. The van der Waals surface area contributed by atoms with Crippen LogP contribution in [0.2, 0.25) is 0 Å². The van der Waals surface area contributed by atoms with Gasteiger partial charge in [0.05, 0.1) is 16.3 Å². The van der Waals surface area contributed by atoms with Gasteiger partial charge in [-0.1, -0.05) is 17.3 Å². The molecule has 2 aromatic heterocycles. The molecule has 0 aliphatic rings. The van der Waals surface area contributed by atoms with Crippen molar-refractivity contribution in [2.24, 2.45) is 5.10 Å². The van der Waals surface area contributed by atoms with Gasteiger partial charge in [0.25, 0.3) is 11.6 Å². The van der Waals surface area contributed by atoms with Crippen molar-refractivity contribution >= 4 is 23.1 Å². The standard InChI is InChI=1S/C14H13N9O4/c1-7(9-4-3-5-10(6-9)23(25)26)16-18-14(24)11-8(2)22(21-17-11)13-12(15)19-27-20-13/h3-6H,1-2H3,(H2,15,19)(H,18,24). The van der Waals surface area contributed by atoms with E-state index in [1.807, 2.05) is 0 Å². The second-order valence-corrected chi connectivity index (χ2v) is 5.35. The van der Waals surface area contributed by atoms with Gasteiger partial charge in [-0.05, 0) is 24.2 Å². The highest BCUT2D eigenvalue weighted by Crippen LogP contribution is 2.15. The molecule has 27 heavy (non-hydrogen) atoms. The van der Waals surface area contributed by atoms with Crippen molar-refractivity contribution in [3.63, 3.8) is 0 Å². The maximum atomic E-state index is 12.3. The van der Waals surface area contributed by atoms with E-state index in [1.54, 1.807) is 19.9 Å². The van der Waals surface area contributed by atoms with Gasteiger partial charge in [-0.25, -0.2) is 10.1 Å². The zero-order valence-electron chi connectivity index (χ0n) is 14.2. The number of hydrazone groups is 1. The summed E-state index contributed by atoms with van der Waals surface area (Å²) in [4.78, 5) is 22.6. The molecule has 13 nitrogen and oxygen atoms in total. The van der Waals surface area contributed by atoms with Gasteiger partial charge < -0.3 is 5.73 Å². The van der Waals surface area contributed by atoms with Gasteiger partial charge >= 0.3 is 0 Å². The Bertz CT molecular complexity index is 1050. The fourth-order valence-electron chi connectivity index (χ4n) is 2.17. The van der Waals surface area contributed by atoms with Gasteiger partial charge in [0.15, 0.2) is 5.69 Å². The lowest BCUT2D eigenvalue weighted by molar-refractivity contribution is -0.384. The van der Waals surface area contributed by atoms with Crippen molar-refractivity contribution in [3.05, 3.63) is 51.3 Å². The van der Waals surface area contributed by atoms with Gasteiger partial charge in [0, 0.05) is 17.7 Å². The van der Waals surface area contributed by atoms with Crippen LogP contribution in [0.15, 0.2) is 34.0 Å². The molecule has 0 unspecified atom stereocenters. The summed E-state index contributed by atoms with van der Waals surface area (Å²) in [7, 11) is 0. The number of nitrogens with one attached hydrogen (secondary N) is 1. The maximum Gasteiger partial charge on any atom is 0.293 e. The summed E-state index contributed by atoms with van der Waals surface area (Å²) in [5, 5.41) is 29.4. The van der Waals surface area contributed by atoms with Gasteiger partial charge in [-0.2, -0.15) is 9.78 Å². The quantitative estimate of drug-likeness (QED) is 0.369. The summed E-state index contributed by atoms with van der Waals surface area (Å²) in [5.41, 5.74) is 9.06. The van der Waals surface area contributed by atoms with Crippen LogP contribution in [0, 0.1) is 17.0 Å². The minimum Gasteiger partial charge on any atom is -0.378 e. The molecule has 3 rings (SSSR count). The van der Waals surface area contributed by atoms with Gasteiger partial charge in [-0.3, -0.25) is 14.9 Å². The first-order valence-corrected chi connectivity index (χ1v) is 7.48. The molecule has 0 atom stereocenters. The number of benzene rings is 1. The van der Waals surface area contributed by atoms with E-state index in [0.29, 0.717) is 17.0 Å². The first-order chi connectivity index (χ1) is 12.9. The topological polar surface area (TPSA) is 180 Å². The molecule has 0 aliphatic heterocycles. The van der Waals surface area contributed by atoms with Crippen LogP contribution in [-0.2, 0) is 0 Å². The number of nitrogens with zero attached hydrogens (tertiary/aromatic N) is 7. The molecule has 0 aliphatic carbocycles. The van der Waals surface area contributed by atoms with E-state index in [2.05, 4.69) is 35.8 Å². The minimum atomic E-state index is -0.626. The van der Waals surface area contributed by atoms with Crippen molar-refractivity contribution in [2.45, 2.75) is 13.8 Å². The van der Waals surface area contributed by atoms with Crippen molar-refractivity contribution in [1.29, 1.82) is 0 Å². The Hall–Kier alpha value is -4.16. The molecular weight excluding hydrogens is 358 g/mol. The van der Waals surface area contributed by atoms with Crippen LogP contribution < -0.4 is 11.2 Å². The molecule has 1 aromatic carbocycles. The fourth-order valence-corrected chi connectivity index (χ4v) is 2.17. The van der Waals surface area contributed by atoms with E-state index in [-0.39, 0.29) is 23.0 Å². The molecule has 13 heteroatoms. The molecule has 0 radical (unpaired) electrons. The largest absolute Gasteiger partial charge is 0.378 e. The number of hydrogen-bond acceptors (Lipinski definition) is 10. The number of nitro groups is 1. The molecular formula is C14H13N9O4. The maximum absolute atomic E-state index is 12.3. The number of carbonyl (C=O) groups excluding carboxylic acids is 1. The van der Waals surface area contributed by atoms with Crippen LogP contribution in [0.1, 0.15) is 28.7 Å². The molecule has 0 fully saturated rings. The highest BCUT2D eigenvalue weighted by molar-refractivity contribution is 6.01. The number of nitrogens with two attached hydrogens (primary N) is 1. The molecule has 1 amide bonds. The zero-order chi connectivity index (χ0) is 19.6. The second kappa shape index (κ2) is 6.99. The Kier molecular flexibility index (Phi) is 4.57. The predicted molar refractivity (Wildman–Crippen MR) is 91.1 cm³/mol. The third kappa shape index (κ3) is 3.46. The van der Waals surface area contributed by atoms with E-state index in [1.165, 1.54) is 22.9 Å². The Labute approximate surface area is 151 Å². The smallest absolute Gasteiger partial charge is 0.293 e. The van der Waals surface area contributed by atoms with E-state index < -0.39 is 10.8 Å². The Morgan fingerprint density at radius 1 is 1.41 bits per heavy atom. The zero-order valence-corrected chi connectivity index (χ0v) is 14.2. The van der Waals surface area contributed by atoms with Gasteiger partial charge in [-0.15, -0.1) is 5.10 Å². The predicted octanol–water partition coefficient (Wildman–Crippen LogP) is 0.603. The molecule has 138 valence electrons. The first-order valence-electron chi connectivity index (χ1n) is 7.48. The van der Waals surface area contributed by atoms with E-state index in [4.69, 9.17) is 5.73 Å². The third-order valence-electron chi connectivity index (χ3n) is 3.61. The van der Waals surface area contributed by atoms with Gasteiger partial charge in [0.2, 0.25) is 11.6 Å². The number of amides is 1. The fraction of sp³-hybridized carbons (Fsp3) is 0.143. The molecule has 0 saturated carbocycles. The number of nitrogen functional groups attached to an aromatic ring is 1. The molecule has 2 heterocycles. The number of nitro benzene ring substituents is 1. The lowest BCUT2D eigenvalue weighted by Gasteiger charge is -2.02. The number of aromatic nitrogens is 5. The number of hydrogen-bond donors (Lipinski definition) is 2. The van der Waals surface area contributed by atoms with Crippen LogP contribution in [0.3, 0.4) is 0 Å². The molecule has 3 aromatic rings. The average molecular weight is 371 g/mol.